The molecule has 0 amide bonds. The summed E-state index contributed by atoms with van der Waals surface area (Å²) in [5, 5.41) is 2.60. The summed E-state index contributed by atoms with van der Waals surface area (Å²) in [5.41, 5.74) is 21.8. The summed E-state index contributed by atoms with van der Waals surface area (Å²) in [6.07, 6.45) is 4.88. The van der Waals surface area contributed by atoms with Crippen molar-refractivity contribution in [3.05, 3.63) is 234 Å². The number of benzene rings is 9. The molecule has 1 nitrogen and oxygen atoms in total. The zero-order valence-corrected chi connectivity index (χ0v) is 34.6. The number of rotatable bonds is 5. The van der Waals surface area contributed by atoms with Gasteiger partial charge in [-0.2, -0.15) is 0 Å². The van der Waals surface area contributed by atoms with Crippen LogP contribution < -0.4 is 4.90 Å². The molecular formula is C59H41NS. The van der Waals surface area contributed by atoms with Crippen LogP contribution in [-0.4, -0.2) is 0 Å². The van der Waals surface area contributed by atoms with Crippen molar-refractivity contribution in [2.45, 2.75) is 31.1 Å². The van der Waals surface area contributed by atoms with Crippen molar-refractivity contribution >= 4 is 48.6 Å². The van der Waals surface area contributed by atoms with E-state index in [1.54, 1.807) is 0 Å². The van der Waals surface area contributed by atoms with Gasteiger partial charge in [0.15, 0.2) is 0 Å². The Morgan fingerprint density at radius 2 is 0.967 bits per heavy atom. The number of nitrogens with zero attached hydrogens (tertiary/aromatic N) is 1. The normalized spacial score (nSPS) is 14.1. The highest BCUT2D eigenvalue weighted by Crippen LogP contribution is 2.64. The summed E-state index contributed by atoms with van der Waals surface area (Å²) in [4.78, 5) is 2.55. The molecule has 0 bridgehead atoms. The molecule has 1 aromatic heterocycles. The predicted molar refractivity (Wildman–Crippen MR) is 258 cm³/mol. The summed E-state index contributed by atoms with van der Waals surface area (Å²) in [5.74, 6) is 0. The minimum atomic E-state index is -0.464. The van der Waals surface area contributed by atoms with E-state index in [9.17, 15) is 0 Å². The molecule has 0 radical (unpaired) electrons. The standard InChI is InChI=1S/C59H41NS/c1-2-18-41(19-3-1)60(55-30-15-26-48-47-24-9-13-31-57(47)61-58(48)55)56-37-54-50(36-49(56)40-34-32-39(33-35-40)43-25-14-17-38-16-4-5-20-42(38)43)46-23-8-12-29-53(46)59(54)51-27-10-6-21-44(51)45-22-7-11-28-52(45)59/h1-3,6-15,17-19,21-37H,4-5,16,20H2. The SMILES string of the molecule is c1ccc(N(c2cc3c(cc2-c2ccc(-c4cccc5c4CCCC5)cc2)-c2ccccc2C32c3ccccc3-c3ccccc32)c2cccc3c2sc2ccccc23)cc1. The molecule has 3 aliphatic rings. The Morgan fingerprint density at radius 3 is 1.70 bits per heavy atom. The number of para-hydroxylation sites is 1. The number of thiophene rings is 1. The zero-order chi connectivity index (χ0) is 40.1. The molecule has 1 spiro atoms. The highest BCUT2D eigenvalue weighted by atomic mass is 32.1. The van der Waals surface area contributed by atoms with E-state index in [0.717, 1.165) is 12.1 Å². The molecule has 0 fully saturated rings. The second-order valence-corrected chi connectivity index (χ2v) is 18.0. The number of aryl methyl sites for hydroxylation is 1. The van der Waals surface area contributed by atoms with E-state index in [1.807, 2.05) is 11.3 Å². The smallest absolute Gasteiger partial charge is 0.0726 e. The van der Waals surface area contributed by atoms with Crippen LogP contribution >= 0.6 is 11.3 Å². The van der Waals surface area contributed by atoms with Gasteiger partial charge in [-0.15, -0.1) is 11.3 Å². The Labute approximate surface area is 360 Å². The number of hydrogen-bond donors (Lipinski definition) is 0. The van der Waals surface area contributed by atoms with Crippen LogP contribution in [0.4, 0.5) is 17.1 Å². The maximum Gasteiger partial charge on any atom is 0.0726 e. The first-order valence-electron chi connectivity index (χ1n) is 21.7. The minimum absolute atomic E-state index is 0.464. The lowest BCUT2D eigenvalue weighted by molar-refractivity contribution is 0.687. The Kier molecular flexibility index (Phi) is 7.71. The fourth-order valence-corrected chi connectivity index (χ4v) is 12.5. The Morgan fingerprint density at radius 1 is 0.393 bits per heavy atom. The van der Waals surface area contributed by atoms with Gasteiger partial charge in [0.25, 0.3) is 0 Å². The molecule has 0 N–H and O–H groups in total. The minimum Gasteiger partial charge on any atom is -0.308 e. The van der Waals surface area contributed by atoms with Crippen molar-refractivity contribution in [3.63, 3.8) is 0 Å². The van der Waals surface area contributed by atoms with Gasteiger partial charge < -0.3 is 4.90 Å². The second kappa shape index (κ2) is 13.5. The molecule has 0 aliphatic heterocycles. The summed E-state index contributed by atoms with van der Waals surface area (Å²) in [6.45, 7) is 0. The highest BCUT2D eigenvalue weighted by Gasteiger charge is 2.52. The largest absolute Gasteiger partial charge is 0.308 e. The lowest BCUT2D eigenvalue weighted by atomic mass is 9.70. The summed E-state index contributed by atoms with van der Waals surface area (Å²) < 4.78 is 2.59. The van der Waals surface area contributed by atoms with Crippen LogP contribution in [0, 0.1) is 0 Å². The van der Waals surface area contributed by atoms with Crippen molar-refractivity contribution < 1.29 is 0 Å². The molecule has 13 rings (SSSR count). The maximum atomic E-state index is 2.57. The van der Waals surface area contributed by atoms with Crippen LogP contribution in [0.1, 0.15) is 46.2 Å². The van der Waals surface area contributed by atoms with Gasteiger partial charge in [0.1, 0.15) is 0 Å². The maximum absolute atomic E-state index is 2.57. The molecule has 3 aliphatic carbocycles. The molecule has 2 heteroatoms. The van der Waals surface area contributed by atoms with Crippen molar-refractivity contribution in [3.8, 4) is 44.5 Å². The molecule has 0 saturated carbocycles. The first-order valence-corrected chi connectivity index (χ1v) is 22.5. The van der Waals surface area contributed by atoms with Crippen molar-refractivity contribution in [2.75, 3.05) is 4.90 Å². The topological polar surface area (TPSA) is 3.24 Å². The predicted octanol–water partition coefficient (Wildman–Crippen LogP) is 16.1. The van der Waals surface area contributed by atoms with Crippen molar-refractivity contribution in [2.24, 2.45) is 0 Å². The molecule has 9 aromatic carbocycles. The van der Waals surface area contributed by atoms with Gasteiger partial charge in [-0.25, -0.2) is 0 Å². The molecule has 0 atom stereocenters. The Hall–Kier alpha value is -7.00. The van der Waals surface area contributed by atoms with E-state index in [-0.39, 0.29) is 0 Å². The van der Waals surface area contributed by atoms with E-state index in [2.05, 4.69) is 205 Å². The average Bonchev–Trinajstić information content (AvgIpc) is 3.96. The van der Waals surface area contributed by atoms with E-state index in [1.165, 1.54) is 129 Å². The lowest BCUT2D eigenvalue weighted by Gasteiger charge is -2.33. The zero-order valence-electron chi connectivity index (χ0n) is 33.7. The van der Waals surface area contributed by atoms with E-state index < -0.39 is 5.41 Å². The Bertz CT molecular complexity index is 3330. The number of hydrogen-bond acceptors (Lipinski definition) is 2. The van der Waals surface area contributed by atoms with E-state index >= 15 is 0 Å². The van der Waals surface area contributed by atoms with Gasteiger partial charge in [0, 0.05) is 26.7 Å². The van der Waals surface area contributed by atoms with Gasteiger partial charge in [-0.05, 0) is 134 Å². The monoisotopic (exact) mass is 795 g/mol. The molecule has 1 heterocycles. The lowest BCUT2D eigenvalue weighted by Crippen LogP contribution is -2.26. The summed E-state index contributed by atoms with van der Waals surface area (Å²) >= 11 is 1.89. The molecular weight excluding hydrogens is 755 g/mol. The molecule has 61 heavy (non-hydrogen) atoms. The van der Waals surface area contributed by atoms with Crippen LogP contribution in [0.3, 0.4) is 0 Å². The van der Waals surface area contributed by atoms with Gasteiger partial charge >= 0.3 is 0 Å². The van der Waals surface area contributed by atoms with Crippen LogP contribution in [-0.2, 0) is 18.3 Å². The third kappa shape index (κ3) is 5.00. The van der Waals surface area contributed by atoms with E-state index in [0.29, 0.717) is 0 Å². The first kappa shape index (κ1) is 34.8. The van der Waals surface area contributed by atoms with Gasteiger partial charge in [-0.3, -0.25) is 0 Å². The van der Waals surface area contributed by atoms with Crippen LogP contribution in [0.25, 0.3) is 64.7 Å². The Balaban J connectivity index is 1.12. The molecule has 288 valence electrons. The average molecular weight is 796 g/mol. The highest BCUT2D eigenvalue weighted by molar-refractivity contribution is 7.26. The second-order valence-electron chi connectivity index (χ2n) is 17.0. The summed E-state index contributed by atoms with van der Waals surface area (Å²) in [6, 6.07) is 75.7. The van der Waals surface area contributed by atoms with Crippen molar-refractivity contribution in [1.82, 2.24) is 0 Å². The van der Waals surface area contributed by atoms with Crippen molar-refractivity contribution in [1.29, 1.82) is 0 Å². The van der Waals surface area contributed by atoms with E-state index in [4.69, 9.17) is 0 Å². The number of fused-ring (bicyclic) bond motifs is 14. The van der Waals surface area contributed by atoms with Gasteiger partial charge in [0.2, 0.25) is 0 Å². The third-order valence-electron chi connectivity index (χ3n) is 13.9. The molecule has 0 unspecified atom stereocenters. The quantitative estimate of drug-likeness (QED) is 0.168. The van der Waals surface area contributed by atoms with Gasteiger partial charge in [-0.1, -0.05) is 164 Å². The third-order valence-corrected chi connectivity index (χ3v) is 15.1. The summed E-state index contributed by atoms with van der Waals surface area (Å²) in [7, 11) is 0. The fraction of sp³-hybridized carbons (Fsp3) is 0.0847. The van der Waals surface area contributed by atoms with Crippen LogP contribution in [0.15, 0.2) is 200 Å². The molecule has 0 saturated heterocycles. The van der Waals surface area contributed by atoms with Crippen LogP contribution in [0.2, 0.25) is 0 Å². The molecule has 10 aromatic rings. The van der Waals surface area contributed by atoms with Crippen LogP contribution in [0.5, 0.6) is 0 Å². The fourth-order valence-electron chi connectivity index (χ4n) is 11.3. The number of anilines is 3. The van der Waals surface area contributed by atoms with Gasteiger partial charge in [0.05, 0.1) is 21.5 Å². The first-order chi connectivity index (χ1) is 30.3.